The molecule has 1 aromatic rings. The van der Waals surface area contributed by atoms with E-state index >= 15 is 0 Å². The van der Waals surface area contributed by atoms with E-state index < -0.39 is 7.82 Å². The zero-order valence-electron chi connectivity index (χ0n) is 6.58. The van der Waals surface area contributed by atoms with Crippen LogP contribution in [-0.2, 0) is 4.57 Å². The summed E-state index contributed by atoms with van der Waals surface area (Å²) in [6, 6.07) is 12.5. The second kappa shape index (κ2) is 8.96. The summed E-state index contributed by atoms with van der Waals surface area (Å²) in [5, 5.41) is 0. The van der Waals surface area contributed by atoms with Crippen LogP contribution in [0.3, 0.4) is 0 Å². The Balaban J connectivity index is 0. The van der Waals surface area contributed by atoms with Gasteiger partial charge in [0.05, 0.1) is 0 Å². The van der Waals surface area contributed by atoms with Crippen LogP contribution in [0.25, 0.3) is 0 Å². The molecule has 0 radical (unpaired) electrons. The Morgan fingerprint density at radius 1 is 1.00 bits per heavy atom. The van der Waals surface area contributed by atoms with E-state index in [0.29, 0.717) is 0 Å². The van der Waals surface area contributed by atoms with Crippen molar-refractivity contribution in [3.8, 4) is 0 Å². The molecule has 0 aliphatic carbocycles. The van der Waals surface area contributed by atoms with Crippen LogP contribution in [0.1, 0.15) is 0 Å². The fourth-order valence-corrected chi connectivity index (χ4v) is 0.342. The van der Waals surface area contributed by atoms with E-state index in [4.69, 9.17) is 19.2 Å². The second-order valence-electron chi connectivity index (χ2n) is 1.59. The number of hydrogen-bond donors (Lipinski definition) is 3. The first kappa shape index (κ1) is 15.8. The molecule has 0 atom stereocenters. The van der Waals surface area contributed by atoms with Crippen molar-refractivity contribution in [1.29, 1.82) is 0 Å². The number of rotatable bonds is 0. The van der Waals surface area contributed by atoms with Crippen molar-refractivity contribution in [2.75, 3.05) is 0 Å². The summed E-state index contributed by atoms with van der Waals surface area (Å²) in [6.45, 7) is 0. The maximum atomic E-state index is 8.88. The Morgan fingerprint density at radius 3 is 1.42 bits per heavy atom. The van der Waals surface area contributed by atoms with Gasteiger partial charge in [0.15, 0.2) is 0 Å². The van der Waals surface area contributed by atoms with Crippen molar-refractivity contribution in [2.24, 2.45) is 0 Å². The summed E-state index contributed by atoms with van der Waals surface area (Å²) in [5.41, 5.74) is 0. The van der Waals surface area contributed by atoms with E-state index in [-0.39, 0.29) is 68.9 Å². The molecule has 0 saturated carbocycles. The summed E-state index contributed by atoms with van der Waals surface area (Å²) in [6.07, 6.45) is 0. The van der Waals surface area contributed by atoms with E-state index in [1.165, 1.54) is 0 Å². The fourth-order valence-electron chi connectivity index (χ4n) is 0.342. The van der Waals surface area contributed by atoms with Crippen LogP contribution < -0.4 is 68.9 Å². The summed E-state index contributed by atoms with van der Waals surface area (Å²) in [4.78, 5) is 21.6. The van der Waals surface area contributed by atoms with Gasteiger partial charge in [-0.05, 0) is 0 Å². The molecule has 6 heteroatoms. The van der Waals surface area contributed by atoms with Gasteiger partial charge in [-0.2, -0.15) is 36.4 Å². The molecule has 0 aromatic heterocycles. The van der Waals surface area contributed by atoms with Crippen LogP contribution in [-0.4, -0.2) is 14.7 Å². The van der Waals surface area contributed by atoms with E-state index in [1.807, 2.05) is 30.3 Å². The van der Waals surface area contributed by atoms with Crippen molar-refractivity contribution >= 4 is 7.82 Å². The van der Waals surface area contributed by atoms with Gasteiger partial charge in [-0.3, -0.25) is 0 Å². The normalized spacial score (nSPS) is 8.92. The summed E-state index contributed by atoms with van der Waals surface area (Å²) < 4.78 is 8.88. The largest absolute Gasteiger partial charge is 1.00 e. The topological polar surface area (TPSA) is 77.8 Å². The minimum Gasteiger partial charge on any atom is -0.303 e. The molecule has 3 N–H and O–H groups in total. The molecule has 0 fully saturated rings. The van der Waals surface area contributed by atoms with Crippen LogP contribution in [0, 0.1) is 6.07 Å². The van der Waals surface area contributed by atoms with E-state index in [2.05, 4.69) is 6.07 Å². The smallest absolute Gasteiger partial charge is 0.303 e. The van der Waals surface area contributed by atoms with Crippen LogP contribution in [0.4, 0.5) is 0 Å². The number of phosphoric acid groups is 1. The van der Waals surface area contributed by atoms with Crippen molar-refractivity contribution in [3.63, 3.8) is 0 Å². The van der Waals surface area contributed by atoms with Crippen LogP contribution in [0.5, 0.6) is 0 Å². The van der Waals surface area contributed by atoms with Gasteiger partial charge >= 0.3 is 76.7 Å². The molecule has 0 aliphatic heterocycles. The first-order chi connectivity index (χ1) is 5.00. The van der Waals surface area contributed by atoms with Gasteiger partial charge < -0.3 is 14.7 Å². The Hall–Kier alpha value is 1.38. The molecule has 0 heterocycles. The minimum absolute atomic E-state index is 0. The van der Waals surface area contributed by atoms with E-state index in [9.17, 15) is 0 Å². The molecule has 1 aromatic carbocycles. The SMILES string of the molecule is O=P(O)(O)O.[Cs+].[c-]1ccccc1. The molecule has 0 bridgehead atoms. The molecule has 0 saturated heterocycles. The molecular weight excluding hydrogens is 300 g/mol. The van der Waals surface area contributed by atoms with Crippen LogP contribution in [0.2, 0.25) is 0 Å². The molecule has 0 amide bonds. The molecule has 62 valence electrons. The Labute approximate surface area is 130 Å². The number of hydrogen-bond acceptors (Lipinski definition) is 1. The van der Waals surface area contributed by atoms with Crippen molar-refractivity contribution in [1.82, 2.24) is 0 Å². The standard InChI is InChI=1S/C6H5.Cs.H3O4P/c1-2-4-6-5-3-1;;1-5(2,3)4/h1-5H;;(H3,1,2,3,4)/q-1;+1;. The number of benzene rings is 1. The molecule has 1 rings (SSSR count). The van der Waals surface area contributed by atoms with Gasteiger partial charge in [-0.15, -0.1) is 0 Å². The first-order valence-electron chi connectivity index (χ1n) is 2.69. The van der Waals surface area contributed by atoms with Gasteiger partial charge in [0, 0.05) is 0 Å². The van der Waals surface area contributed by atoms with Gasteiger partial charge in [-0.1, -0.05) is 0 Å². The third kappa shape index (κ3) is 22.5. The van der Waals surface area contributed by atoms with Crippen molar-refractivity contribution in [2.45, 2.75) is 0 Å². The van der Waals surface area contributed by atoms with Crippen LogP contribution >= 0.6 is 7.82 Å². The van der Waals surface area contributed by atoms with Gasteiger partial charge in [0.1, 0.15) is 0 Å². The Kier molecular flexibility index (Phi) is 11.8. The quantitative estimate of drug-likeness (QED) is 0.368. The monoisotopic (exact) mass is 308 g/mol. The van der Waals surface area contributed by atoms with E-state index in [1.54, 1.807) is 0 Å². The molecule has 12 heavy (non-hydrogen) atoms. The average molecular weight is 308 g/mol. The predicted octanol–water partition coefficient (Wildman–Crippen LogP) is -2.44. The summed E-state index contributed by atoms with van der Waals surface area (Å²) in [5.74, 6) is 0. The average Bonchev–Trinajstić information content (AvgIpc) is 1.88. The third-order valence-corrected chi connectivity index (χ3v) is 0.607. The zero-order chi connectivity index (χ0) is 8.74. The minimum atomic E-state index is -4.64. The third-order valence-electron chi connectivity index (χ3n) is 0.607. The van der Waals surface area contributed by atoms with Gasteiger partial charge in [0.25, 0.3) is 0 Å². The van der Waals surface area contributed by atoms with E-state index in [0.717, 1.165) is 0 Å². The van der Waals surface area contributed by atoms with Gasteiger partial charge in [0.2, 0.25) is 0 Å². The molecule has 0 unspecified atom stereocenters. The van der Waals surface area contributed by atoms with Crippen LogP contribution in [0.15, 0.2) is 30.3 Å². The zero-order valence-corrected chi connectivity index (χ0v) is 13.8. The summed E-state index contributed by atoms with van der Waals surface area (Å²) >= 11 is 0. The first-order valence-corrected chi connectivity index (χ1v) is 4.26. The predicted molar refractivity (Wildman–Crippen MR) is 39.5 cm³/mol. The maximum Gasteiger partial charge on any atom is 1.00 e. The summed E-state index contributed by atoms with van der Waals surface area (Å²) in [7, 11) is -4.64. The molecular formula is C6H8CsO4P. The Bertz CT molecular complexity index is 187. The van der Waals surface area contributed by atoms with Gasteiger partial charge in [-0.25, -0.2) is 4.57 Å². The Morgan fingerprint density at radius 2 is 1.33 bits per heavy atom. The van der Waals surface area contributed by atoms with Crippen molar-refractivity contribution in [3.05, 3.63) is 36.4 Å². The van der Waals surface area contributed by atoms with Crippen molar-refractivity contribution < 1.29 is 88.1 Å². The second-order valence-corrected chi connectivity index (χ2v) is 2.62. The molecule has 0 spiro atoms. The molecule has 0 aliphatic rings. The fraction of sp³-hybridized carbons (Fsp3) is 0. The molecule has 4 nitrogen and oxygen atoms in total. The maximum absolute atomic E-state index is 8.88.